The van der Waals surface area contributed by atoms with Crippen LogP contribution in [0.25, 0.3) is 0 Å². The summed E-state index contributed by atoms with van der Waals surface area (Å²) in [6.07, 6.45) is 1.59. The Hall–Kier alpha value is -3.26. The summed E-state index contributed by atoms with van der Waals surface area (Å²) in [5, 5.41) is 3.48. The Morgan fingerprint density at radius 3 is 2.56 bits per heavy atom. The first kappa shape index (κ1) is 25.4. The van der Waals surface area contributed by atoms with Crippen molar-refractivity contribution in [3.8, 4) is 11.5 Å². The van der Waals surface area contributed by atoms with Crippen molar-refractivity contribution in [3.05, 3.63) is 53.1 Å². The van der Waals surface area contributed by atoms with Gasteiger partial charge in [-0.3, -0.25) is 9.59 Å². The van der Waals surface area contributed by atoms with Gasteiger partial charge >= 0.3 is 5.97 Å². The maximum atomic E-state index is 12.2. The quantitative estimate of drug-likeness (QED) is 0.343. The van der Waals surface area contributed by atoms with Gasteiger partial charge in [0, 0.05) is 26.1 Å². The lowest BCUT2D eigenvalue weighted by Crippen LogP contribution is -2.32. The van der Waals surface area contributed by atoms with E-state index in [1.54, 1.807) is 0 Å². The number of benzene rings is 2. The monoisotopic (exact) mass is 469 g/mol. The van der Waals surface area contributed by atoms with E-state index in [-0.39, 0.29) is 18.6 Å². The second kappa shape index (κ2) is 12.3. The smallest absolute Gasteiger partial charge is 0.302 e. The average Bonchev–Trinajstić information content (AvgIpc) is 3.20. The molecule has 0 saturated carbocycles. The van der Waals surface area contributed by atoms with Crippen molar-refractivity contribution in [1.29, 1.82) is 0 Å². The molecule has 1 aliphatic heterocycles. The van der Waals surface area contributed by atoms with Gasteiger partial charge < -0.3 is 30.2 Å². The maximum absolute atomic E-state index is 12.2. The van der Waals surface area contributed by atoms with Crippen LogP contribution in [0.3, 0.4) is 0 Å². The van der Waals surface area contributed by atoms with E-state index in [9.17, 15) is 9.59 Å². The van der Waals surface area contributed by atoms with E-state index in [4.69, 9.17) is 19.9 Å². The van der Waals surface area contributed by atoms with Gasteiger partial charge in [0.25, 0.3) is 5.91 Å². The largest absolute Gasteiger partial charge is 0.490 e. The van der Waals surface area contributed by atoms with E-state index in [0.29, 0.717) is 31.9 Å². The number of ether oxygens (including phenoxy) is 3. The molecular formula is C26H35N3O5. The first-order valence-corrected chi connectivity index (χ1v) is 11.8. The predicted octanol–water partition coefficient (Wildman–Crippen LogP) is 2.71. The van der Waals surface area contributed by atoms with Crippen molar-refractivity contribution in [2.45, 2.75) is 39.7 Å². The Balaban J connectivity index is 1.56. The Bertz CT molecular complexity index is 994. The zero-order valence-corrected chi connectivity index (χ0v) is 20.3. The van der Waals surface area contributed by atoms with Gasteiger partial charge in [-0.1, -0.05) is 18.2 Å². The number of amides is 1. The third-order valence-corrected chi connectivity index (χ3v) is 5.69. The minimum atomic E-state index is -0.445. The highest BCUT2D eigenvalue weighted by Gasteiger charge is 2.25. The van der Waals surface area contributed by atoms with Gasteiger partial charge in [0.05, 0.1) is 24.4 Å². The Labute approximate surface area is 201 Å². The number of esters is 1. The molecule has 0 aromatic heterocycles. The Morgan fingerprint density at radius 2 is 1.88 bits per heavy atom. The molecule has 8 nitrogen and oxygen atoms in total. The van der Waals surface area contributed by atoms with E-state index in [2.05, 4.69) is 23.2 Å². The maximum Gasteiger partial charge on any atom is 0.302 e. The number of anilines is 1. The summed E-state index contributed by atoms with van der Waals surface area (Å²) in [5.41, 5.74) is 9.28. The Kier molecular flexibility index (Phi) is 9.16. The molecule has 1 aliphatic rings. The van der Waals surface area contributed by atoms with E-state index >= 15 is 0 Å². The number of carbonyl (C=O) groups is 2. The number of nitrogens with one attached hydrogen (secondary N) is 1. The fourth-order valence-corrected chi connectivity index (χ4v) is 4.26. The number of hydrogen-bond acceptors (Lipinski definition) is 7. The molecular weight excluding hydrogens is 434 g/mol. The SMILES string of the molecule is CCOc1ccccc1OCCNC(C)Cc1cc2c(c(C(N)=O)c1)N(CCOC(C)=O)CC2. The van der Waals surface area contributed by atoms with Crippen LogP contribution < -0.4 is 25.4 Å². The number of nitrogens with two attached hydrogens (primary N) is 1. The molecule has 1 heterocycles. The van der Waals surface area contributed by atoms with E-state index in [1.165, 1.54) is 6.92 Å². The van der Waals surface area contributed by atoms with Crippen LogP contribution in [-0.2, 0) is 22.4 Å². The molecule has 1 amide bonds. The summed E-state index contributed by atoms with van der Waals surface area (Å²) in [4.78, 5) is 25.3. The summed E-state index contributed by atoms with van der Waals surface area (Å²) in [6, 6.07) is 11.9. The highest BCUT2D eigenvalue weighted by molar-refractivity contribution is 6.00. The molecule has 1 atom stereocenters. The van der Waals surface area contributed by atoms with Crippen LogP contribution in [0.5, 0.6) is 11.5 Å². The Morgan fingerprint density at radius 1 is 1.15 bits per heavy atom. The minimum Gasteiger partial charge on any atom is -0.490 e. The molecule has 3 N–H and O–H groups in total. The number of rotatable bonds is 13. The van der Waals surface area contributed by atoms with Gasteiger partial charge in [-0.25, -0.2) is 0 Å². The first-order chi connectivity index (χ1) is 16.4. The van der Waals surface area contributed by atoms with Crippen LogP contribution in [0.1, 0.15) is 42.3 Å². The molecule has 0 bridgehead atoms. The molecule has 8 heteroatoms. The second-order valence-corrected chi connectivity index (χ2v) is 8.38. The lowest BCUT2D eigenvalue weighted by molar-refractivity contribution is -0.140. The van der Waals surface area contributed by atoms with Gasteiger partial charge in [0.1, 0.15) is 13.2 Å². The zero-order chi connectivity index (χ0) is 24.5. The molecule has 184 valence electrons. The molecule has 1 unspecified atom stereocenters. The van der Waals surface area contributed by atoms with Crippen molar-refractivity contribution in [1.82, 2.24) is 5.32 Å². The van der Waals surface area contributed by atoms with Crippen molar-refractivity contribution >= 4 is 17.6 Å². The van der Waals surface area contributed by atoms with E-state index in [0.717, 1.165) is 47.7 Å². The van der Waals surface area contributed by atoms with Crippen molar-refractivity contribution in [2.24, 2.45) is 5.73 Å². The summed E-state index contributed by atoms with van der Waals surface area (Å²) < 4.78 is 16.5. The van der Waals surface area contributed by atoms with Gasteiger partial charge in [-0.15, -0.1) is 0 Å². The van der Waals surface area contributed by atoms with Gasteiger partial charge in [-0.2, -0.15) is 0 Å². The van der Waals surface area contributed by atoms with Gasteiger partial charge in [-0.05, 0) is 56.0 Å². The number of para-hydroxylation sites is 2. The number of primary amides is 1. The van der Waals surface area contributed by atoms with Crippen molar-refractivity contribution in [2.75, 3.05) is 44.4 Å². The van der Waals surface area contributed by atoms with Crippen LogP contribution in [-0.4, -0.2) is 57.4 Å². The molecule has 0 saturated heterocycles. The van der Waals surface area contributed by atoms with Crippen LogP contribution in [0, 0.1) is 0 Å². The van der Waals surface area contributed by atoms with Crippen molar-refractivity contribution in [3.63, 3.8) is 0 Å². The lowest BCUT2D eigenvalue weighted by Gasteiger charge is -2.22. The normalized spacial score (nSPS) is 13.3. The summed E-state index contributed by atoms with van der Waals surface area (Å²) in [5.74, 6) is 0.730. The van der Waals surface area contributed by atoms with Gasteiger partial charge in [0.2, 0.25) is 0 Å². The summed E-state index contributed by atoms with van der Waals surface area (Å²) >= 11 is 0. The standard InChI is InChI=1S/C26H35N3O5/c1-4-32-23-7-5-6-8-24(23)34-13-10-28-18(2)15-20-16-21-9-11-29(12-14-33-19(3)30)25(21)22(17-20)26(27)31/h5-8,16-18,28H,4,9-15H2,1-3H3,(H2,27,31). The van der Waals surface area contributed by atoms with Crippen LogP contribution in [0.2, 0.25) is 0 Å². The van der Waals surface area contributed by atoms with Crippen LogP contribution >= 0.6 is 0 Å². The van der Waals surface area contributed by atoms with Crippen LogP contribution in [0.15, 0.2) is 36.4 Å². The highest BCUT2D eigenvalue weighted by Crippen LogP contribution is 2.33. The summed E-state index contributed by atoms with van der Waals surface area (Å²) in [7, 11) is 0. The average molecular weight is 470 g/mol. The zero-order valence-electron chi connectivity index (χ0n) is 20.3. The van der Waals surface area contributed by atoms with Crippen LogP contribution in [0.4, 0.5) is 5.69 Å². The molecule has 2 aromatic rings. The molecule has 0 fully saturated rings. The highest BCUT2D eigenvalue weighted by atomic mass is 16.5. The molecule has 0 radical (unpaired) electrons. The van der Waals surface area contributed by atoms with E-state index in [1.807, 2.05) is 37.3 Å². The predicted molar refractivity (Wildman–Crippen MR) is 132 cm³/mol. The van der Waals surface area contributed by atoms with Gasteiger partial charge in [0.15, 0.2) is 11.5 Å². The lowest BCUT2D eigenvalue weighted by atomic mass is 9.98. The first-order valence-electron chi connectivity index (χ1n) is 11.8. The molecule has 2 aromatic carbocycles. The fraction of sp³-hybridized carbons (Fsp3) is 0.462. The third kappa shape index (κ3) is 6.87. The minimum absolute atomic E-state index is 0.186. The molecule has 3 rings (SSSR count). The number of nitrogens with zero attached hydrogens (tertiary/aromatic N) is 1. The fourth-order valence-electron chi connectivity index (χ4n) is 4.26. The second-order valence-electron chi connectivity index (χ2n) is 8.38. The molecule has 34 heavy (non-hydrogen) atoms. The topological polar surface area (TPSA) is 103 Å². The summed E-state index contributed by atoms with van der Waals surface area (Å²) in [6.45, 7) is 8.83. The molecule has 0 aliphatic carbocycles. The third-order valence-electron chi connectivity index (χ3n) is 5.69. The number of hydrogen-bond donors (Lipinski definition) is 2. The van der Waals surface area contributed by atoms with E-state index < -0.39 is 5.91 Å². The molecule has 0 spiro atoms. The number of fused-ring (bicyclic) bond motifs is 1. The van der Waals surface area contributed by atoms with Crippen molar-refractivity contribution < 1.29 is 23.8 Å². The number of carbonyl (C=O) groups excluding carboxylic acids is 2.